The van der Waals surface area contributed by atoms with Crippen LogP contribution in [0.5, 0.6) is 0 Å². The number of ketones is 1. The zero-order valence-corrected chi connectivity index (χ0v) is 10.7. The highest BCUT2D eigenvalue weighted by Crippen LogP contribution is 2.09. The van der Waals surface area contributed by atoms with Crippen molar-refractivity contribution in [2.45, 2.75) is 32.7 Å². The van der Waals surface area contributed by atoms with E-state index < -0.39 is 0 Å². The van der Waals surface area contributed by atoms with Crippen LogP contribution < -0.4 is 0 Å². The lowest BCUT2D eigenvalue weighted by Crippen LogP contribution is -1.99. The molecule has 0 atom stereocenters. The Balaban J connectivity index is 1.81. The number of rotatable bonds is 6. The average molecular weight is 242 g/mol. The minimum atomic E-state index is 0.186. The molecule has 0 saturated carbocycles. The molecule has 0 N–H and O–H groups in total. The highest BCUT2D eigenvalue weighted by Gasteiger charge is 2.07. The summed E-state index contributed by atoms with van der Waals surface area (Å²) >= 11 is 0. The number of hydrogen-bond acceptors (Lipinski definition) is 2. The fraction of sp³-hybridized carbons (Fsp3) is 0.333. The molecule has 18 heavy (non-hydrogen) atoms. The lowest BCUT2D eigenvalue weighted by molar-refractivity contribution is 0.0980. The molecule has 0 aliphatic carbocycles. The first kappa shape index (κ1) is 12.6. The van der Waals surface area contributed by atoms with Crippen LogP contribution in [0.3, 0.4) is 0 Å². The van der Waals surface area contributed by atoms with E-state index in [4.69, 9.17) is 0 Å². The standard InChI is InChI=1S/C15H18N2O/c1-2-17-12-14(11-16-17)15(18)10-6-9-13-7-4-3-5-8-13/h3-5,7-8,11-12H,2,6,9-10H2,1H3. The van der Waals surface area contributed by atoms with Gasteiger partial charge in [0.25, 0.3) is 0 Å². The Hall–Kier alpha value is -1.90. The summed E-state index contributed by atoms with van der Waals surface area (Å²) in [7, 11) is 0. The van der Waals surface area contributed by atoms with Crippen LogP contribution in [-0.4, -0.2) is 15.6 Å². The topological polar surface area (TPSA) is 34.9 Å². The molecule has 0 radical (unpaired) electrons. The summed E-state index contributed by atoms with van der Waals surface area (Å²) in [6, 6.07) is 10.3. The molecule has 1 aromatic heterocycles. The third kappa shape index (κ3) is 3.29. The summed E-state index contributed by atoms with van der Waals surface area (Å²) in [4.78, 5) is 11.9. The second-order valence-corrected chi connectivity index (χ2v) is 4.35. The summed E-state index contributed by atoms with van der Waals surface area (Å²) in [6.45, 7) is 2.81. The van der Waals surface area contributed by atoms with E-state index in [9.17, 15) is 4.79 Å². The minimum Gasteiger partial charge on any atom is -0.294 e. The van der Waals surface area contributed by atoms with Crippen LogP contribution in [0, 0.1) is 0 Å². The van der Waals surface area contributed by atoms with Gasteiger partial charge in [-0.2, -0.15) is 5.10 Å². The third-order valence-corrected chi connectivity index (χ3v) is 2.99. The molecule has 0 unspecified atom stereocenters. The van der Waals surface area contributed by atoms with E-state index in [1.54, 1.807) is 10.9 Å². The number of nitrogens with zero attached hydrogens (tertiary/aromatic N) is 2. The van der Waals surface area contributed by atoms with Gasteiger partial charge in [0.1, 0.15) is 0 Å². The molecule has 0 amide bonds. The van der Waals surface area contributed by atoms with E-state index in [1.807, 2.05) is 31.3 Å². The first-order chi connectivity index (χ1) is 8.79. The number of hydrogen-bond donors (Lipinski definition) is 0. The van der Waals surface area contributed by atoms with Crippen molar-refractivity contribution in [3.8, 4) is 0 Å². The Morgan fingerprint density at radius 2 is 2.06 bits per heavy atom. The van der Waals surface area contributed by atoms with E-state index in [1.165, 1.54) is 5.56 Å². The molecule has 0 bridgehead atoms. The van der Waals surface area contributed by atoms with E-state index in [0.29, 0.717) is 6.42 Å². The van der Waals surface area contributed by atoms with Crippen molar-refractivity contribution in [2.75, 3.05) is 0 Å². The molecule has 0 aliphatic rings. The first-order valence-electron chi connectivity index (χ1n) is 6.39. The Kier molecular flexibility index (Phi) is 4.29. The summed E-state index contributed by atoms with van der Waals surface area (Å²) in [5, 5.41) is 4.12. The monoisotopic (exact) mass is 242 g/mol. The van der Waals surface area contributed by atoms with Gasteiger partial charge in [-0.05, 0) is 25.3 Å². The van der Waals surface area contributed by atoms with Crippen LogP contribution in [0.15, 0.2) is 42.7 Å². The molecule has 2 aromatic rings. The Morgan fingerprint density at radius 1 is 1.28 bits per heavy atom. The predicted octanol–water partition coefficient (Wildman–Crippen LogP) is 3.11. The maximum atomic E-state index is 11.9. The Labute approximate surface area is 107 Å². The Morgan fingerprint density at radius 3 is 2.72 bits per heavy atom. The van der Waals surface area contributed by atoms with Gasteiger partial charge in [-0.3, -0.25) is 9.48 Å². The molecule has 2 rings (SSSR count). The number of benzene rings is 1. The maximum Gasteiger partial charge on any atom is 0.166 e. The highest BCUT2D eigenvalue weighted by molar-refractivity contribution is 5.95. The molecule has 0 saturated heterocycles. The molecular formula is C15H18N2O. The maximum absolute atomic E-state index is 11.9. The van der Waals surface area contributed by atoms with Gasteiger partial charge in [-0.1, -0.05) is 30.3 Å². The number of aryl methyl sites for hydroxylation is 2. The number of carbonyl (C=O) groups is 1. The van der Waals surface area contributed by atoms with Crippen molar-refractivity contribution in [3.63, 3.8) is 0 Å². The van der Waals surface area contributed by atoms with E-state index in [0.717, 1.165) is 24.9 Å². The van der Waals surface area contributed by atoms with Gasteiger partial charge in [0.05, 0.1) is 11.8 Å². The van der Waals surface area contributed by atoms with E-state index in [2.05, 4.69) is 17.2 Å². The Bertz CT molecular complexity index is 502. The minimum absolute atomic E-state index is 0.186. The average Bonchev–Trinajstić information content (AvgIpc) is 2.89. The summed E-state index contributed by atoms with van der Waals surface area (Å²) in [6.07, 6.45) is 5.91. The van der Waals surface area contributed by atoms with Crippen LogP contribution in [-0.2, 0) is 13.0 Å². The zero-order valence-electron chi connectivity index (χ0n) is 10.7. The quantitative estimate of drug-likeness (QED) is 0.729. The molecular weight excluding hydrogens is 224 g/mol. The van der Waals surface area contributed by atoms with Crippen LogP contribution in [0.1, 0.15) is 35.7 Å². The molecule has 0 spiro atoms. The van der Waals surface area contributed by atoms with Crippen LogP contribution >= 0.6 is 0 Å². The van der Waals surface area contributed by atoms with Gasteiger partial charge in [0.15, 0.2) is 5.78 Å². The summed E-state index contributed by atoms with van der Waals surface area (Å²) < 4.78 is 1.78. The van der Waals surface area contributed by atoms with Gasteiger partial charge < -0.3 is 0 Å². The van der Waals surface area contributed by atoms with Crippen LogP contribution in [0.2, 0.25) is 0 Å². The van der Waals surface area contributed by atoms with Gasteiger partial charge in [0, 0.05) is 19.2 Å². The van der Waals surface area contributed by atoms with Gasteiger partial charge >= 0.3 is 0 Å². The number of aromatic nitrogens is 2. The molecule has 3 nitrogen and oxygen atoms in total. The van der Waals surface area contributed by atoms with Crippen molar-refractivity contribution < 1.29 is 4.79 Å². The lowest BCUT2D eigenvalue weighted by Gasteiger charge is -2.00. The number of carbonyl (C=O) groups excluding carboxylic acids is 1. The zero-order chi connectivity index (χ0) is 12.8. The van der Waals surface area contributed by atoms with Gasteiger partial charge in [-0.15, -0.1) is 0 Å². The van der Waals surface area contributed by atoms with Crippen molar-refractivity contribution in [1.29, 1.82) is 0 Å². The fourth-order valence-electron chi connectivity index (χ4n) is 1.92. The summed E-state index contributed by atoms with van der Waals surface area (Å²) in [5.41, 5.74) is 2.01. The second-order valence-electron chi connectivity index (χ2n) is 4.35. The van der Waals surface area contributed by atoms with Crippen molar-refractivity contribution in [2.24, 2.45) is 0 Å². The number of Topliss-reactive ketones (excluding diaryl/α,β-unsaturated/α-hetero) is 1. The van der Waals surface area contributed by atoms with Gasteiger partial charge in [-0.25, -0.2) is 0 Å². The van der Waals surface area contributed by atoms with E-state index in [-0.39, 0.29) is 5.78 Å². The molecule has 0 aliphatic heterocycles. The third-order valence-electron chi connectivity index (χ3n) is 2.99. The second kappa shape index (κ2) is 6.15. The van der Waals surface area contributed by atoms with Crippen molar-refractivity contribution in [1.82, 2.24) is 9.78 Å². The predicted molar refractivity (Wildman–Crippen MR) is 71.6 cm³/mol. The highest BCUT2D eigenvalue weighted by atomic mass is 16.1. The molecule has 1 aromatic carbocycles. The smallest absolute Gasteiger partial charge is 0.166 e. The first-order valence-corrected chi connectivity index (χ1v) is 6.39. The largest absolute Gasteiger partial charge is 0.294 e. The fourth-order valence-corrected chi connectivity index (χ4v) is 1.92. The molecule has 0 fully saturated rings. The van der Waals surface area contributed by atoms with Crippen molar-refractivity contribution in [3.05, 3.63) is 53.9 Å². The molecule has 1 heterocycles. The SMILES string of the molecule is CCn1cc(C(=O)CCCc2ccccc2)cn1. The molecule has 3 heteroatoms. The normalized spacial score (nSPS) is 10.5. The van der Waals surface area contributed by atoms with Gasteiger partial charge in [0.2, 0.25) is 0 Å². The van der Waals surface area contributed by atoms with Crippen molar-refractivity contribution >= 4 is 5.78 Å². The molecule has 94 valence electrons. The lowest BCUT2D eigenvalue weighted by atomic mass is 10.0. The van der Waals surface area contributed by atoms with Crippen LogP contribution in [0.25, 0.3) is 0 Å². The van der Waals surface area contributed by atoms with Crippen LogP contribution in [0.4, 0.5) is 0 Å². The van der Waals surface area contributed by atoms with E-state index >= 15 is 0 Å². The summed E-state index contributed by atoms with van der Waals surface area (Å²) in [5.74, 6) is 0.186.